The summed E-state index contributed by atoms with van der Waals surface area (Å²) in [6, 6.07) is 5.70. The van der Waals surface area contributed by atoms with Crippen molar-refractivity contribution in [3.63, 3.8) is 0 Å². The Hall–Kier alpha value is -2.50. The molecule has 6 heteroatoms. The number of nitrogens with one attached hydrogen (secondary N) is 2. The van der Waals surface area contributed by atoms with Gasteiger partial charge in [-0.1, -0.05) is 6.92 Å². The number of amides is 1. The van der Waals surface area contributed by atoms with E-state index in [1.54, 1.807) is 7.11 Å². The van der Waals surface area contributed by atoms with Crippen LogP contribution in [0.4, 0.5) is 0 Å². The first kappa shape index (κ1) is 17.3. The molecule has 1 aromatic heterocycles. The van der Waals surface area contributed by atoms with Gasteiger partial charge in [0, 0.05) is 29.7 Å². The molecule has 0 aliphatic carbocycles. The fourth-order valence-electron chi connectivity index (χ4n) is 3.23. The van der Waals surface area contributed by atoms with Crippen molar-refractivity contribution in [1.29, 1.82) is 0 Å². The number of ether oxygens (including phenoxy) is 2. The number of carbonyl (C=O) groups is 1. The molecule has 0 unspecified atom stereocenters. The lowest BCUT2D eigenvalue weighted by atomic mass is 9.96. The summed E-state index contributed by atoms with van der Waals surface area (Å²) < 4.78 is 11.0. The fourth-order valence-corrected chi connectivity index (χ4v) is 3.23. The van der Waals surface area contributed by atoms with E-state index >= 15 is 0 Å². The van der Waals surface area contributed by atoms with Gasteiger partial charge in [0.15, 0.2) is 0 Å². The lowest BCUT2D eigenvalue weighted by Gasteiger charge is -2.28. The maximum atomic E-state index is 12.7. The third-order valence-electron chi connectivity index (χ3n) is 4.82. The van der Waals surface area contributed by atoms with Crippen molar-refractivity contribution < 1.29 is 14.3 Å². The Kier molecular flexibility index (Phi) is 4.97. The third kappa shape index (κ3) is 3.62. The molecule has 25 heavy (non-hydrogen) atoms. The minimum Gasteiger partial charge on any atom is -0.497 e. The molecule has 0 saturated heterocycles. The highest BCUT2D eigenvalue weighted by Gasteiger charge is 2.26. The minimum absolute atomic E-state index is 0.0313. The second-order valence-corrected chi connectivity index (χ2v) is 6.62. The molecular formula is C19H25N3O3. The molecule has 2 atom stereocenters. The van der Waals surface area contributed by atoms with Crippen LogP contribution in [0.1, 0.15) is 41.9 Å². The number of aromatic amines is 1. The molecule has 0 bridgehead atoms. The smallest absolute Gasteiger partial charge is 0.223 e. The van der Waals surface area contributed by atoms with Gasteiger partial charge in [0.2, 0.25) is 5.91 Å². The molecular weight excluding hydrogens is 318 g/mol. The number of hydrogen-bond donors (Lipinski definition) is 2. The van der Waals surface area contributed by atoms with Crippen LogP contribution in [0.15, 0.2) is 18.2 Å². The van der Waals surface area contributed by atoms with Crippen LogP contribution < -0.4 is 14.8 Å². The van der Waals surface area contributed by atoms with Crippen molar-refractivity contribution in [2.45, 2.75) is 39.7 Å². The van der Waals surface area contributed by atoms with E-state index in [2.05, 4.69) is 15.5 Å². The average molecular weight is 343 g/mol. The standard InChI is InChI=1S/C19H25N3O3/c1-11(9-16-12(2)21-22-13(16)3)19(23)20-17-7-8-25-18-10-14(24-4)5-6-15(17)18/h5-6,10-11,17H,7-9H2,1-4H3,(H,20,23)(H,21,22)/t11-,17+/m0/s1. The monoisotopic (exact) mass is 343 g/mol. The largest absolute Gasteiger partial charge is 0.497 e. The summed E-state index contributed by atoms with van der Waals surface area (Å²) in [6.07, 6.45) is 1.44. The van der Waals surface area contributed by atoms with Crippen molar-refractivity contribution in [3.8, 4) is 11.5 Å². The number of rotatable bonds is 5. The summed E-state index contributed by atoms with van der Waals surface area (Å²) in [5.74, 6) is 1.46. The Morgan fingerprint density at radius 2 is 2.28 bits per heavy atom. The van der Waals surface area contributed by atoms with E-state index in [0.29, 0.717) is 13.0 Å². The maximum absolute atomic E-state index is 12.7. The molecule has 3 rings (SSSR count). The van der Waals surface area contributed by atoms with Crippen LogP contribution in [-0.2, 0) is 11.2 Å². The molecule has 0 saturated carbocycles. The number of methoxy groups -OCH3 is 1. The molecule has 1 aromatic carbocycles. The van der Waals surface area contributed by atoms with Gasteiger partial charge in [-0.25, -0.2) is 0 Å². The Balaban J connectivity index is 1.69. The summed E-state index contributed by atoms with van der Waals surface area (Å²) >= 11 is 0. The molecule has 0 spiro atoms. The number of carbonyl (C=O) groups excluding carboxylic acids is 1. The summed E-state index contributed by atoms with van der Waals surface area (Å²) in [6.45, 7) is 6.49. The zero-order valence-corrected chi connectivity index (χ0v) is 15.2. The molecule has 2 aromatic rings. The van der Waals surface area contributed by atoms with Gasteiger partial charge in [-0.2, -0.15) is 5.10 Å². The summed E-state index contributed by atoms with van der Waals surface area (Å²) in [7, 11) is 1.63. The zero-order chi connectivity index (χ0) is 18.0. The average Bonchev–Trinajstić information content (AvgIpc) is 2.93. The lowest BCUT2D eigenvalue weighted by molar-refractivity contribution is -0.125. The first-order chi connectivity index (χ1) is 12.0. The second kappa shape index (κ2) is 7.17. The first-order valence-electron chi connectivity index (χ1n) is 8.61. The van der Waals surface area contributed by atoms with Crippen molar-refractivity contribution in [2.24, 2.45) is 5.92 Å². The molecule has 0 radical (unpaired) electrons. The van der Waals surface area contributed by atoms with Crippen LogP contribution in [0, 0.1) is 19.8 Å². The van der Waals surface area contributed by atoms with E-state index in [9.17, 15) is 4.79 Å². The topological polar surface area (TPSA) is 76.2 Å². The lowest BCUT2D eigenvalue weighted by Crippen LogP contribution is -2.36. The molecule has 1 amide bonds. The van der Waals surface area contributed by atoms with Gasteiger partial charge >= 0.3 is 0 Å². The van der Waals surface area contributed by atoms with Gasteiger partial charge in [0.05, 0.1) is 25.5 Å². The predicted octanol–water partition coefficient (Wildman–Crippen LogP) is 2.85. The Bertz CT molecular complexity index is 750. The molecule has 2 heterocycles. The van der Waals surface area contributed by atoms with Gasteiger partial charge in [-0.3, -0.25) is 9.89 Å². The highest BCUT2D eigenvalue weighted by atomic mass is 16.5. The van der Waals surface area contributed by atoms with E-state index in [4.69, 9.17) is 9.47 Å². The first-order valence-corrected chi connectivity index (χ1v) is 8.61. The molecule has 134 valence electrons. The van der Waals surface area contributed by atoms with Crippen LogP contribution in [0.25, 0.3) is 0 Å². The summed E-state index contributed by atoms with van der Waals surface area (Å²) in [5.41, 5.74) is 4.12. The predicted molar refractivity (Wildman–Crippen MR) is 94.9 cm³/mol. The van der Waals surface area contributed by atoms with Crippen LogP contribution in [0.2, 0.25) is 0 Å². The maximum Gasteiger partial charge on any atom is 0.223 e. The minimum atomic E-state index is -0.125. The van der Waals surface area contributed by atoms with Crippen LogP contribution in [-0.4, -0.2) is 29.8 Å². The Morgan fingerprint density at radius 1 is 1.48 bits per heavy atom. The van der Waals surface area contributed by atoms with Crippen molar-refractivity contribution in [3.05, 3.63) is 40.7 Å². The Labute approximate surface area is 147 Å². The van der Waals surface area contributed by atoms with E-state index in [-0.39, 0.29) is 17.9 Å². The number of aromatic nitrogens is 2. The molecule has 1 aliphatic heterocycles. The highest BCUT2D eigenvalue weighted by Crippen LogP contribution is 2.35. The summed E-state index contributed by atoms with van der Waals surface area (Å²) in [4.78, 5) is 12.7. The number of H-pyrrole nitrogens is 1. The van der Waals surface area contributed by atoms with Crippen LogP contribution >= 0.6 is 0 Å². The van der Waals surface area contributed by atoms with E-state index in [1.165, 1.54) is 0 Å². The quantitative estimate of drug-likeness (QED) is 0.875. The van der Waals surface area contributed by atoms with Crippen molar-refractivity contribution in [2.75, 3.05) is 13.7 Å². The number of benzene rings is 1. The van der Waals surface area contributed by atoms with Crippen molar-refractivity contribution in [1.82, 2.24) is 15.5 Å². The van der Waals surface area contributed by atoms with Gasteiger partial charge in [0.25, 0.3) is 0 Å². The molecule has 2 N–H and O–H groups in total. The van der Waals surface area contributed by atoms with Crippen LogP contribution in [0.5, 0.6) is 11.5 Å². The van der Waals surface area contributed by atoms with Crippen LogP contribution in [0.3, 0.4) is 0 Å². The van der Waals surface area contributed by atoms with Gasteiger partial charge in [-0.05, 0) is 38.0 Å². The zero-order valence-electron chi connectivity index (χ0n) is 15.2. The molecule has 0 fully saturated rings. The number of hydrogen-bond acceptors (Lipinski definition) is 4. The van der Waals surface area contributed by atoms with E-state index in [0.717, 1.165) is 40.4 Å². The number of fused-ring (bicyclic) bond motifs is 1. The molecule has 6 nitrogen and oxygen atoms in total. The number of aryl methyl sites for hydroxylation is 2. The van der Waals surface area contributed by atoms with Gasteiger partial charge in [0.1, 0.15) is 11.5 Å². The number of nitrogens with zero attached hydrogens (tertiary/aromatic N) is 1. The van der Waals surface area contributed by atoms with Gasteiger partial charge < -0.3 is 14.8 Å². The van der Waals surface area contributed by atoms with Crippen molar-refractivity contribution >= 4 is 5.91 Å². The summed E-state index contributed by atoms with van der Waals surface area (Å²) in [5, 5.41) is 10.4. The fraction of sp³-hybridized carbons (Fsp3) is 0.474. The second-order valence-electron chi connectivity index (χ2n) is 6.62. The van der Waals surface area contributed by atoms with Gasteiger partial charge in [-0.15, -0.1) is 0 Å². The highest BCUT2D eigenvalue weighted by molar-refractivity contribution is 5.79. The van der Waals surface area contributed by atoms with E-state index < -0.39 is 0 Å². The normalized spacial score (nSPS) is 17.4. The SMILES string of the molecule is COc1ccc2c(c1)OCC[C@H]2NC(=O)[C@@H](C)Cc1c(C)n[nH]c1C. The molecule has 1 aliphatic rings. The van der Waals surface area contributed by atoms with E-state index in [1.807, 2.05) is 39.0 Å². The Morgan fingerprint density at radius 3 is 2.96 bits per heavy atom. The third-order valence-corrected chi connectivity index (χ3v) is 4.82.